The molecule has 0 N–H and O–H groups in total. The molecule has 2 nitrogen and oxygen atoms in total. The van der Waals surface area contributed by atoms with Crippen LogP contribution in [0.15, 0.2) is 30.3 Å². The molecule has 0 atom stereocenters. The van der Waals surface area contributed by atoms with Gasteiger partial charge in [-0.25, -0.2) is 0 Å². The summed E-state index contributed by atoms with van der Waals surface area (Å²) in [6.07, 6.45) is 8.69. The Morgan fingerprint density at radius 3 is 2.36 bits per heavy atom. The van der Waals surface area contributed by atoms with E-state index < -0.39 is 0 Å². The Labute approximate surface area is 161 Å². The minimum Gasteiger partial charge on any atom is -0.494 e. The molecular formula is C22H31BrO2. The van der Waals surface area contributed by atoms with Crippen molar-refractivity contribution in [3.63, 3.8) is 0 Å². The number of halogens is 1. The van der Waals surface area contributed by atoms with E-state index in [-0.39, 0.29) is 0 Å². The lowest BCUT2D eigenvalue weighted by molar-refractivity contribution is 0.303. The molecule has 0 bridgehead atoms. The summed E-state index contributed by atoms with van der Waals surface area (Å²) in [4.78, 5) is 0. The molecule has 0 aliphatic rings. The molecule has 2 rings (SSSR count). The van der Waals surface area contributed by atoms with Gasteiger partial charge in [-0.2, -0.15) is 0 Å². The molecule has 0 radical (unpaired) electrons. The van der Waals surface area contributed by atoms with Crippen LogP contribution in [0.1, 0.15) is 57.4 Å². The number of hydrogen-bond donors (Lipinski definition) is 0. The predicted octanol–water partition coefficient (Wildman–Crippen LogP) is 7.05. The lowest BCUT2D eigenvalue weighted by Crippen LogP contribution is -1.99. The van der Waals surface area contributed by atoms with Gasteiger partial charge in [-0.1, -0.05) is 60.7 Å². The van der Waals surface area contributed by atoms with Crippen molar-refractivity contribution in [2.45, 2.75) is 58.8 Å². The Balaban J connectivity index is 1.84. The second kappa shape index (κ2) is 11.4. The summed E-state index contributed by atoms with van der Waals surface area (Å²) in [5.74, 6) is 1.95. The lowest BCUT2D eigenvalue weighted by atomic mass is 10.0. The van der Waals surface area contributed by atoms with Crippen molar-refractivity contribution >= 4 is 26.7 Å². The molecule has 2 aromatic rings. The summed E-state index contributed by atoms with van der Waals surface area (Å²) in [6.45, 7) is 5.84. The zero-order valence-electron chi connectivity index (χ0n) is 15.7. The quantitative estimate of drug-likeness (QED) is 0.277. The van der Waals surface area contributed by atoms with Crippen LogP contribution < -0.4 is 9.47 Å². The molecule has 2 aromatic carbocycles. The van der Waals surface area contributed by atoms with Crippen LogP contribution in [0.2, 0.25) is 0 Å². The Bertz CT molecular complexity index is 639. The number of aryl methyl sites for hydroxylation is 1. The van der Waals surface area contributed by atoms with Crippen LogP contribution >= 0.6 is 15.9 Å². The average molecular weight is 407 g/mol. The fourth-order valence-electron chi connectivity index (χ4n) is 3.00. The molecule has 0 unspecified atom stereocenters. The maximum atomic E-state index is 6.03. The fourth-order valence-corrected chi connectivity index (χ4v) is 3.39. The highest BCUT2D eigenvalue weighted by Crippen LogP contribution is 2.30. The molecule has 0 aliphatic carbocycles. The lowest BCUT2D eigenvalue weighted by Gasteiger charge is -2.13. The van der Waals surface area contributed by atoms with Gasteiger partial charge in [0, 0.05) is 5.33 Å². The van der Waals surface area contributed by atoms with Gasteiger partial charge in [0.2, 0.25) is 0 Å². The van der Waals surface area contributed by atoms with E-state index in [0.717, 1.165) is 42.9 Å². The Hall–Kier alpha value is -1.22. The molecule has 25 heavy (non-hydrogen) atoms. The first-order chi connectivity index (χ1) is 12.3. The van der Waals surface area contributed by atoms with E-state index in [1.54, 1.807) is 0 Å². The number of ether oxygens (including phenoxy) is 2. The molecule has 0 amide bonds. The maximum absolute atomic E-state index is 6.03. The monoisotopic (exact) mass is 406 g/mol. The summed E-state index contributed by atoms with van der Waals surface area (Å²) in [5.41, 5.74) is 1.22. The third kappa shape index (κ3) is 6.54. The number of rotatable bonds is 12. The third-order valence-electron chi connectivity index (χ3n) is 4.47. The first-order valence-electron chi connectivity index (χ1n) is 9.61. The van der Waals surface area contributed by atoms with Crippen LogP contribution in [0, 0.1) is 6.92 Å². The Kier molecular flexibility index (Phi) is 9.17. The molecular weight excluding hydrogens is 376 g/mol. The number of unbranched alkanes of at least 4 members (excludes halogenated alkanes) is 5. The number of benzene rings is 2. The van der Waals surface area contributed by atoms with Crippen LogP contribution in [-0.2, 0) is 0 Å². The van der Waals surface area contributed by atoms with E-state index in [1.807, 2.05) is 0 Å². The van der Waals surface area contributed by atoms with Gasteiger partial charge in [0.05, 0.1) is 13.2 Å². The first kappa shape index (κ1) is 20.1. The normalized spacial score (nSPS) is 11.0. The number of hydrogen-bond acceptors (Lipinski definition) is 2. The van der Waals surface area contributed by atoms with Crippen molar-refractivity contribution in [2.75, 3.05) is 18.5 Å². The molecule has 0 fully saturated rings. The van der Waals surface area contributed by atoms with Gasteiger partial charge in [-0.15, -0.1) is 0 Å². The molecule has 0 aromatic heterocycles. The minimum atomic E-state index is 0.766. The highest BCUT2D eigenvalue weighted by Gasteiger charge is 2.06. The van der Waals surface area contributed by atoms with Crippen LogP contribution in [0.5, 0.6) is 11.5 Å². The summed E-state index contributed by atoms with van der Waals surface area (Å²) in [7, 11) is 0. The van der Waals surface area contributed by atoms with Crippen LogP contribution in [0.3, 0.4) is 0 Å². The fraction of sp³-hybridized carbons (Fsp3) is 0.545. The highest BCUT2D eigenvalue weighted by molar-refractivity contribution is 9.09. The molecule has 3 heteroatoms. The van der Waals surface area contributed by atoms with Crippen LogP contribution in [-0.4, -0.2) is 18.5 Å². The molecule has 0 spiro atoms. The maximum Gasteiger partial charge on any atom is 0.122 e. The standard InChI is InChI=1S/C22H31BrO2/c1-3-15-24-20-11-12-21-18(2)22(13-10-19(21)17-20)25-16-9-7-5-4-6-8-14-23/h10-13,17H,3-9,14-16H2,1-2H3. The van der Waals surface area contributed by atoms with Crippen LogP contribution in [0.4, 0.5) is 0 Å². The zero-order valence-corrected chi connectivity index (χ0v) is 17.2. The van der Waals surface area contributed by atoms with E-state index in [0.29, 0.717) is 0 Å². The van der Waals surface area contributed by atoms with Gasteiger partial charge in [0.25, 0.3) is 0 Å². The molecule has 0 saturated carbocycles. The average Bonchev–Trinajstić information content (AvgIpc) is 2.63. The molecule has 0 heterocycles. The van der Waals surface area contributed by atoms with Crippen molar-refractivity contribution in [2.24, 2.45) is 0 Å². The number of fused-ring (bicyclic) bond motifs is 1. The van der Waals surface area contributed by atoms with E-state index in [2.05, 4.69) is 60.1 Å². The van der Waals surface area contributed by atoms with Crippen molar-refractivity contribution < 1.29 is 9.47 Å². The van der Waals surface area contributed by atoms with Gasteiger partial charge in [-0.3, -0.25) is 0 Å². The highest BCUT2D eigenvalue weighted by atomic mass is 79.9. The van der Waals surface area contributed by atoms with Gasteiger partial charge in [0.1, 0.15) is 11.5 Å². The second-order valence-electron chi connectivity index (χ2n) is 6.58. The summed E-state index contributed by atoms with van der Waals surface area (Å²) in [6, 6.07) is 10.6. The van der Waals surface area contributed by atoms with E-state index >= 15 is 0 Å². The first-order valence-corrected chi connectivity index (χ1v) is 10.7. The third-order valence-corrected chi connectivity index (χ3v) is 5.03. The SMILES string of the molecule is CCCOc1ccc2c(C)c(OCCCCCCCCBr)ccc2c1. The van der Waals surface area contributed by atoms with Gasteiger partial charge < -0.3 is 9.47 Å². The van der Waals surface area contributed by atoms with Crippen LogP contribution in [0.25, 0.3) is 10.8 Å². The van der Waals surface area contributed by atoms with Crippen molar-refractivity contribution in [3.8, 4) is 11.5 Å². The zero-order chi connectivity index (χ0) is 17.9. The van der Waals surface area contributed by atoms with Crippen molar-refractivity contribution in [1.29, 1.82) is 0 Å². The topological polar surface area (TPSA) is 18.5 Å². The summed E-state index contributed by atoms with van der Waals surface area (Å²) in [5, 5.41) is 3.59. The molecule has 0 aliphatic heterocycles. The Morgan fingerprint density at radius 2 is 1.60 bits per heavy atom. The minimum absolute atomic E-state index is 0.766. The second-order valence-corrected chi connectivity index (χ2v) is 7.37. The summed E-state index contributed by atoms with van der Waals surface area (Å²) < 4.78 is 11.8. The number of alkyl halides is 1. The molecule has 0 saturated heterocycles. The van der Waals surface area contributed by atoms with Gasteiger partial charge >= 0.3 is 0 Å². The van der Waals surface area contributed by atoms with E-state index in [4.69, 9.17) is 9.47 Å². The van der Waals surface area contributed by atoms with Crippen molar-refractivity contribution in [1.82, 2.24) is 0 Å². The smallest absolute Gasteiger partial charge is 0.122 e. The predicted molar refractivity (Wildman–Crippen MR) is 111 cm³/mol. The largest absolute Gasteiger partial charge is 0.494 e. The van der Waals surface area contributed by atoms with Gasteiger partial charge in [-0.05, 0) is 60.7 Å². The van der Waals surface area contributed by atoms with E-state index in [1.165, 1.54) is 48.4 Å². The summed E-state index contributed by atoms with van der Waals surface area (Å²) >= 11 is 3.48. The van der Waals surface area contributed by atoms with Crippen molar-refractivity contribution in [3.05, 3.63) is 35.9 Å². The van der Waals surface area contributed by atoms with E-state index in [9.17, 15) is 0 Å². The van der Waals surface area contributed by atoms with Gasteiger partial charge in [0.15, 0.2) is 0 Å². The molecule has 138 valence electrons. The Morgan fingerprint density at radius 1 is 0.840 bits per heavy atom.